The van der Waals surface area contributed by atoms with Crippen LogP contribution in [0.25, 0.3) is 0 Å². The minimum Gasteiger partial charge on any atom is -0.383 e. The zero-order valence-electron chi connectivity index (χ0n) is 14.0. The Kier molecular flexibility index (Phi) is 8.32. The van der Waals surface area contributed by atoms with Crippen LogP contribution in [0.5, 0.6) is 0 Å². The Morgan fingerprint density at radius 1 is 1.28 bits per heavy atom. The van der Waals surface area contributed by atoms with Crippen molar-refractivity contribution >= 4 is 29.9 Å². The molecule has 0 heterocycles. The molecule has 0 bridgehead atoms. The quantitative estimate of drug-likeness (QED) is 0.799. The molecule has 2 unspecified atom stereocenters. The van der Waals surface area contributed by atoms with Gasteiger partial charge >= 0.3 is 0 Å². The molecule has 0 aliphatic heterocycles. The van der Waals surface area contributed by atoms with Crippen LogP contribution in [0.1, 0.15) is 22.7 Å². The fourth-order valence-corrected chi connectivity index (χ4v) is 2.62. The van der Waals surface area contributed by atoms with Gasteiger partial charge in [0.05, 0.1) is 12.6 Å². The number of nitrogens with two attached hydrogens (primary N) is 1. The van der Waals surface area contributed by atoms with Gasteiger partial charge in [-0.2, -0.15) is 0 Å². The first-order valence-electron chi connectivity index (χ1n) is 7.48. The molecule has 136 valence electrons. The SMILES string of the molecule is COCC(N)C(=O)NC(c1ccc(C)cc1)c1ccc(F)cc1Cl.Cl. The van der Waals surface area contributed by atoms with Crippen molar-refractivity contribution in [3.05, 3.63) is 70.0 Å². The maximum atomic E-state index is 13.3. The number of hydrogen-bond donors (Lipinski definition) is 2. The van der Waals surface area contributed by atoms with Crippen LogP contribution in [0.15, 0.2) is 42.5 Å². The lowest BCUT2D eigenvalue weighted by atomic mass is 9.97. The predicted octanol–water partition coefficient (Wildman–Crippen LogP) is 3.39. The van der Waals surface area contributed by atoms with Gasteiger partial charge < -0.3 is 15.8 Å². The third-order valence-electron chi connectivity index (χ3n) is 3.65. The molecule has 0 aliphatic carbocycles. The van der Waals surface area contributed by atoms with E-state index in [0.717, 1.165) is 11.1 Å². The summed E-state index contributed by atoms with van der Waals surface area (Å²) in [5.41, 5.74) is 8.30. The number of amides is 1. The van der Waals surface area contributed by atoms with Crippen LogP contribution >= 0.6 is 24.0 Å². The van der Waals surface area contributed by atoms with Crippen molar-refractivity contribution in [1.82, 2.24) is 5.32 Å². The fourth-order valence-electron chi connectivity index (χ4n) is 2.34. The molecule has 2 aromatic rings. The van der Waals surface area contributed by atoms with E-state index in [4.69, 9.17) is 22.1 Å². The molecule has 7 heteroatoms. The Labute approximate surface area is 157 Å². The maximum absolute atomic E-state index is 13.3. The van der Waals surface area contributed by atoms with Crippen LogP contribution in [0.2, 0.25) is 5.02 Å². The van der Waals surface area contributed by atoms with Gasteiger partial charge in [0, 0.05) is 12.1 Å². The van der Waals surface area contributed by atoms with Crippen LogP contribution in [0.4, 0.5) is 4.39 Å². The second kappa shape index (κ2) is 9.73. The van der Waals surface area contributed by atoms with E-state index in [0.29, 0.717) is 5.56 Å². The zero-order valence-corrected chi connectivity index (χ0v) is 15.5. The van der Waals surface area contributed by atoms with Crippen molar-refractivity contribution in [2.24, 2.45) is 5.73 Å². The third kappa shape index (κ3) is 5.68. The summed E-state index contributed by atoms with van der Waals surface area (Å²) in [4.78, 5) is 12.3. The summed E-state index contributed by atoms with van der Waals surface area (Å²) in [5.74, 6) is -0.809. The lowest BCUT2D eigenvalue weighted by Crippen LogP contribution is -2.45. The van der Waals surface area contributed by atoms with Crippen molar-refractivity contribution in [3.63, 3.8) is 0 Å². The molecule has 4 nitrogen and oxygen atoms in total. The molecule has 0 fully saturated rings. The largest absolute Gasteiger partial charge is 0.383 e. The Hall–Kier alpha value is -1.66. The van der Waals surface area contributed by atoms with E-state index in [1.807, 2.05) is 31.2 Å². The first-order valence-corrected chi connectivity index (χ1v) is 7.86. The summed E-state index contributed by atoms with van der Waals surface area (Å²) < 4.78 is 18.3. The number of methoxy groups -OCH3 is 1. The monoisotopic (exact) mass is 386 g/mol. The highest BCUT2D eigenvalue weighted by molar-refractivity contribution is 6.31. The Morgan fingerprint density at radius 3 is 2.48 bits per heavy atom. The highest BCUT2D eigenvalue weighted by Crippen LogP contribution is 2.29. The van der Waals surface area contributed by atoms with Crippen LogP contribution in [-0.4, -0.2) is 25.7 Å². The molecule has 3 N–H and O–H groups in total. The molecular weight excluding hydrogens is 366 g/mol. The number of hydrogen-bond acceptors (Lipinski definition) is 3. The topological polar surface area (TPSA) is 64.3 Å². The molecule has 0 aromatic heterocycles. The normalized spacial score (nSPS) is 12.8. The first kappa shape index (κ1) is 21.4. The molecule has 0 aliphatic rings. The second-order valence-electron chi connectivity index (χ2n) is 5.58. The molecule has 0 spiro atoms. The van der Waals surface area contributed by atoms with Crippen LogP contribution in [0, 0.1) is 12.7 Å². The molecule has 0 saturated heterocycles. The van der Waals surface area contributed by atoms with Crippen molar-refractivity contribution in [2.75, 3.05) is 13.7 Å². The lowest BCUT2D eigenvalue weighted by Gasteiger charge is -2.23. The summed E-state index contributed by atoms with van der Waals surface area (Å²) in [7, 11) is 1.47. The van der Waals surface area contributed by atoms with Crippen molar-refractivity contribution in [3.8, 4) is 0 Å². The van der Waals surface area contributed by atoms with Crippen molar-refractivity contribution in [1.29, 1.82) is 0 Å². The second-order valence-corrected chi connectivity index (χ2v) is 5.99. The number of benzene rings is 2. The molecule has 2 atom stereocenters. The molecule has 0 radical (unpaired) electrons. The van der Waals surface area contributed by atoms with Crippen LogP contribution < -0.4 is 11.1 Å². The molecule has 2 aromatic carbocycles. The summed E-state index contributed by atoms with van der Waals surface area (Å²) in [6.45, 7) is 2.07. The van der Waals surface area contributed by atoms with E-state index >= 15 is 0 Å². The summed E-state index contributed by atoms with van der Waals surface area (Å²) >= 11 is 6.18. The van der Waals surface area contributed by atoms with Gasteiger partial charge in [0.25, 0.3) is 0 Å². The van der Waals surface area contributed by atoms with Gasteiger partial charge in [0.15, 0.2) is 0 Å². The maximum Gasteiger partial charge on any atom is 0.240 e. The number of carbonyl (C=O) groups excluding carboxylic acids is 1. The molecule has 25 heavy (non-hydrogen) atoms. The predicted molar refractivity (Wildman–Crippen MR) is 99.7 cm³/mol. The van der Waals surface area contributed by atoms with E-state index in [2.05, 4.69) is 5.32 Å². The molecular formula is C18H21Cl2FN2O2. The minimum atomic E-state index is -0.804. The van der Waals surface area contributed by atoms with Crippen LogP contribution in [0.3, 0.4) is 0 Å². The van der Waals surface area contributed by atoms with Gasteiger partial charge in [-0.25, -0.2) is 4.39 Å². The molecule has 2 rings (SSSR count). The Bertz CT molecular complexity index is 711. The molecule has 1 amide bonds. The van der Waals surface area contributed by atoms with E-state index in [-0.39, 0.29) is 29.9 Å². The number of carbonyl (C=O) groups is 1. The smallest absolute Gasteiger partial charge is 0.240 e. The highest BCUT2D eigenvalue weighted by atomic mass is 35.5. The van der Waals surface area contributed by atoms with Gasteiger partial charge in [-0.1, -0.05) is 47.5 Å². The van der Waals surface area contributed by atoms with Crippen molar-refractivity contribution < 1.29 is 13.9 Å². The number of aryl methyl sites for hydroxylation is 1. The van der Waals surface area contributed by atoms with E-state index < -0.39 is 17.9 Å². The number of rotatable bonds is 6. The lowest BCUT2D eigenvalue weighted by molar-refractivity contribution is -0.123. The number of ether oxygens (including phenoxy) is 1. The summed E-state index contributed by atoms with van der Waals surface area (Å²) in [6, 6.07) is 10.4. The van der Waals surface area contributed by atoms with E-state index in [1.54, 1.807) is 6.07 Å². The third-order valence-corrected chi connectivity index (χ3v) is 3.98. The average Bonchev–Trinajstić information content (AvgIpc) is 2.54. The fraction of sp³-hybridized carbons (Fsp3) is 0.278. The minimum absolute atomic E-state index is 0. The van der Waals surface area contributed by atoms with Gasteiger partial charge in [-0.3, -0.25) is 4.79 Å². The van der Waals surface area contributed by atoms with Gasteiger partial charge in [0.2, 0.25) is 5.91 Å². The standard InChI is InChI=1S/C18H20ClFN2O2.ClH/c1-11-3-5-12(6-4-11)17(22-18(23)16(21)10-24-2)14-8-7-13(20)9-15(14)19;/h3-9,16-17H,10,21H2,1-2H3,(H,22,23);1H. The van der Waals surface area contributed by atoms with E-state index in [1.165, 1.54) is 19.2 Å². The number of halogens is 3. The zero-order chi connectivity index (χ0) is 17.7. The average molecular weight is 387 g/mol. The molecule has 0 saturated carbocycles. The van der Waals surface area contributed by atoms with E-state index in [9.17, 15) is 9.18 Å². The van der Waals surface area contributed by atoms with Gasteiger partial charge in [-0.15, -0.1) is 12.4 Å². The van der Waals surface area contributed by atoms with Gasteiger partial charge in [0.1, 0.15) is 11.9 Å². The van der Waals surface area contributed by atoms with Crippen molar-refractivity contribution in [2.45, 2.75) is 19.0 Å². The summed E-state index contributed by atoms with van der Waals surface area (Å²) in [5, 5.41) is 3.10. The Balaban J connectivity index is 0.00000312. The summed E-state index contributed by atoms with van der Waals surface area (Å²) in [6.07, 6.45) is 0. The first-order chi connectivity index (χ1) is 11.4. The highest BCUT2D eigenvalue weighted by Gasteiger charge is 2.23. The number of nitrogens with one attached hydrogen (secondary N) is 1. The van der Waals surface area contributed by atoms with Gasteiger partial charge in [-0.05, 0) is 30.2 Å². The van der Waals surface area contributed by atoms with Crippen LogP contribution in [-0.2, 0) is 9.53 Å². The Morgan fingerprint density at radius 2 is 1.92 bits per heavy atom.